The van der Waals surface area contributed by atoms with Crippen molar-refractivity contribution in [3.05, 3.63) is 29.6 Å². The number of pyridine rings is 1. The first kappa shape index (κ1) is 14.0. The molecule has 1 aromatic rings. The van der Waals surface area contributed by atoms with E-state index in [0.29, 0.717) is 17.5 Å². The van der Waals surface area contributed by atoms with Crippen LogP contribution in [-0.2, 0) is 0 Å². The van der Waals surface area contributed by atoms with Gasteiger partial charge < -0.3 is 11.1 Å². The number of carbonyl (C=O) groups excluding carboxylic acids is 1. The number of rotatable bonds is 4. The molecule has 2 unspecified atom stereocenters. The van der Waals surface area contributed by atoms with E-state index in [-0.39, 0.29) is 5.91 Å². The molecule has 0 radical (unpaired) electrons. The Labute approximate surface area is 114 Å². The van der Waals surface area contributed by atoms with Gasteiger partial charge in [0.25, 0.3) is 5.91 Å². The first-order chi connectivity index (χ1) is 9.20. The maximum Gasteiger partial charge on any atom is 0.269 e. The normalized spacial score (nSPS) is 23.1. The van der Waals surface area contributed by atoms with Gasteiger partial charge in [-0.05, 0) is 50.3 Å². The molecule has 2 atom stereocenters. The number of hydrogen-bond acceptors (Lipinski definition) is 3. The summed E-state index contributed by atoms with van der Waals surface area (Å²) in [5.74, 6) is 0.997. The van der Waals surface area contributed by atoms with Crippen LogP contribution in [0.15, 0.2) is 18.2 Å². The van der Waals surface area contributed by atoms with Crippen LogP contribution in [0.2, 0.25) is 0 Å². The molecule has 1 amide bonds. The van der Waals surface area contributed by atoms with Gasteiger partial charge in [0.1, 0.15) is 5.69 Å². The average molecular weight is 261 g/mol. The van der Waals surface area contributed by atoms with E-state index in [0.717, 1.165) is 18.8 Å². The summed E-state index contributed by atoms with van der Waals surface area (Å²) >= 11 is 0. The Morgan fingerprint density at radius 1 is 1.37 bits per heavy atom. The van der Waals surface area contributed by atoms with Crippen molar-refractivity contribution in [1.82, 2.24) is 10.3 Å². The van der Waals surface area contributed by atoms with Gasteiger partial charge in [-0.15, -0.1) is 0 Å². The molecule has 1 fully saturated rings. The van der Waals surface area contributed by atoms with Crippen LogP contribution in [0.25, 0.3) is 0 Å². The lowest BCUT2D eigenvalue weighted by atomic mass is 9.79. The van der Waals surface area contributed by atoms with Crippen molar-refractivity contribution in [2.75, 3.05) is 13.1 Å². The Morgan fingerprint density at radius 3 is 2.79 bits per heavy atom. The average Bonchev–Trinajstić information content (AvgIpc) is 2.45. The fraction of sp³-hybridized carbons (Fsp3) is 0.600. The van der Waals surface area contributed by atoms with Gasteiger partial charge in [-0.1, -0.05) is 18.9 Å². The van der Waals surface area contributed by atoms with Crippen LogP contribution in [-0.4, -0.2) is 24.0 Å². The lowest BCUT2D eigenvalue weighted by molar-refractivity contribution is 0.0930. The fourth-order valence-electron chi connectivity index (χ4n) is 2.85. The second-order valence-electron chi connectivity index (χ2n) is 5.41. The van der Waals surface area contributed by atoms with Crippen molar-refractivity contribution in [2.24, 2.45) is 17.6 Å². The van der Waals surface area contributed by atoms with Gasteiger partial charge in [-0.25, -0.2) is 4.98 Å². The second-order valence-corrected chi connectivity index (χ2v) is 5.41. The molecule has 0 aliphatic heterocycles. The molecule has 0 saturated heterocycles. The Morgan fingerprint density at radius 2 is 2.11 bits per heavy atom. The molecule has 4 heteroatoms. The minimum atomic E-state index is -0.0787. The predicted molar refractivity (Wildman–Crippen MR) is 75.8 cm³/mol. The molecule has 0 bridgehead atoms. The van der Waals surface area contributed by atoms with Gasteiger partial charge in [0.2, 0.25) is 0 Å². The van der Waals surface area contributed by atoms with Gasteiger partial charge in [-0.3, -0.25) is 4.79 Å². The first-order valence-corrected chi connectivity index (χ1v) is 7.12. The van der Waals surface area contributed by atoms with Crippen LogP contribution in [0.4, 0.5) is 0 Å². The molecular weight excluding hydrogens is 238 g/mol. The van der Waals surface area contributed by atoms with Crippen LogP contribution < -0.4 is 11.1 Å². The maximum atomic E-state index is 12.0. The molecule has 1 heterocycles. The lowest BCUT2D eigenvalue weighted by Gasteiger charge is -2.30. The third-order valence-corrected chi connectivity index (χ3v) is 4.02. The third-order valence-electron chi connectivity index (χ3n) is 4.02. The van der Waals surface area contributed by atoms with Gasteiger partial charge in [-0.2, -0.15) is 0 Å². The Balaban J connectivity index is 1.89. The van der Waals surface area contributed by atoms with E-state index in [1.54, 1.807) is 6.07 Å². The highest BCUT2D eigenvalue weighted by atomic mass is 16.1. The Hall–Kier alpha value is -1.42. The molecule has 3 N–H and O–H groups in total. The van der Waals surface area contributed by atoms with Crippen molar-refractivity contribution < 1.29 is 4.79 Å². The number of carbonyl (C=O) groups is 1. The standard InChI is InChI=1S/C15H23N3O/c1-11-5-4-8-14(18-11)15(19)17-10-13-7-3-2-6-12(13)9-16/h4-5,8,12-13H,2-3,6-7,9-10,16H2,1H3,(H,17,19). The molecule has 1 aromatic heterocycles. The second kappa shape index (κ2) is 6.66. The number of nitrogens with two attached hydrogens (primary N) is 1. The fourth-order valence-corrected chi connectivity index (χ4v) is 2.85. The lowest BCUT2D eigenvalue weighted by Crippen LogP contribution is -2.37. The number of aryl methyl sites for hydroxylation is 1. The van der Waals surface area contributed by atoms with E-state index in [9.17, 15) is 4.79 Å². The summed E-state index contributed by atoms with van der Waals surface area (Å²) in [4.78, 5) is 16.3. The van der Waals surface area contributed by atoms with Crippen molar-refractivity contribution in [1.29, 1.82) is 0 Å². The molecule has 1 aliphatic carbocycles. The summed E-state index contributed by atoms with van der Waals surface area (Å²) in [6.45, 7) is 3.34. The zero-order chi connectivity index (χ0) is 13.7. The highest BCUT2D eigenvalue weighted by molar-refractivity contribution is 5.92. The number of nitrogens with one attached hydrogen (secondary N) is 1. The monoisotopic (exact) mass is 261 g/mol. The van der Waals surface area contributed by atoms with E-state index in [4.69, 9.17) is 5.73 Å². The highest BCUT2D eigenvalue weighted by Gasteiger charge is 2.24. The summed E-state index contributed by atoms with van der Waals surface area (Å²) in [6, 6.07) is 5.51. The first-order valence-electron chi connectivity index (χ1n) is 7.12. The Bertz CT molecular complexity index is 433. The summed E-state index contributed by atoms with van der Waals surface area (Å²) in [6.07, 6.45) is 4.88. The van der Waals surface area contributed by atoms with Crippen molar-refractivity contribution in [2.45, 2.75) is 32.6 Å². The largest absolute Gasteiger partial charge is 0.350 e. The van der Waals surface area contributed by atoms with Crippen LogP contribution in [0.5, 0.6) is 0 Å². The smallest absolute Gasteiger partial charge is 0.269 e. The van der Waals surface area contributed by atoms with E-state index < -0.39 is 0 Å². The number of aromatic nitrogens is 1. The SMILES string of the molecule is Cc1cccc(C(=O)NCC2CCCCC2CN)n1. The van der Waals surface area contributed by atoms with Gasteiger partial charge in [0.05, 0.1) is 0 Å². The van der Waals surface area contributed by atoms with Crippen molar-refractivity contribution >= 4 is 5.91 Å². The maximum absolute atomic E-state index is 12.0. The van der Waals surface area contributed by atoms with Gasteiger partial charge >= 0.3 is 0 Å². The van der Waals surface area contributed by atoms with E-state index in [1.807, 2.05) is 19.1 Å². The van der Waals surface area contributed by atoms with Gasteiger partial charge in [0, 0.05) is 12.2 Å². The predicted octanol–water partition coefficient (Wildman–Crippen LogP) is 1.88. The van der Waals surface area contributed by atoms with Crippen LogP contribution in [0, 0.1) is 18.8 Å². The summed E-state index contributed by atoms with van der Waals surface area (Å²) < 4.78 is 0. The minimum absolute atomic E-state index is 0.0787. The van der Waals surface area contributed by atoms with Crippen molar-refractivity contribution in [3.8, 4) is 0 Å². The highest BCUT2D eigenvalue weighted by Crippen LogP contribution is 2.28. The van der Waals surface area contributed by atoms with Gasteiger partial charge in [0.15, 0.2) is 0 Å². The molecule has 2 rings (SSSR count). The molecule has 0 aromatic carbocycles. The quantitative estimate of drug-likeness (QED) is 0.869. The van der Waals surface area contributed by atoms with Crippen molar-refractivity contribution in [3.63, 3.8) is 0 Å². The third kappa shape index (κ3) is 3.77. The molecule has 4 nitrogen and oxygen atoms in total. The number of nitrogens with zero attached hydrogens (tertiary/aromatic N) is 1. The minimum Gasteiger partial charge on any atom is -0.350 e. The molecule has 0 spiro atoms. The topological polar surface area (TPSA) is 68.0 Å². The molecule has 104 valence electrons. The zero-order valence-corrected chi connectivity index (χ0v) is 11.6. The summed E-state index contributed by atoms with van der Waals surface area (Å²) in [7, 11) is 0. The molecule has 1 saturated carbocycles. The number of amides is 1. The molecule has 19 heavy (non-hydrogen) atoms. The molecular formula is C15H23N3O. The van der Waals surface area contributed by atoms with Crippen LogP contribution >= 0.6 is 0 Å². The molecule has 1 aliphatic rings. The van der Waals surface area contributed by atoms with E-state index >= 15 is 0 Å². The van der Waals surface area contributed by atoms with Crippen LogP contribution in [0.3, 0.4) is 0 Å². The van der Waals surface area contributed by atoms with Crippen LogP contribution in [0.1, 0.15) is 41.9 Å². The summed E-state index contributed by atoms with van der Waals surface area (Å²) in [5, 5.41) is 3.00. The van der Waals surface area contributed by atoms with E-state index in [2.05, 4.69) is 10.3 Å². The van der Waals surface area contributed by atoms with E-state index in [1.165, 1.54) is 25.7 Å². The zero-order valence-electron chi connectivity index (χ0n) is 11.6. The Kier molecular flexibility index (Phi) is 4.91. The summed E-state index contributed by atoms with van der Waals surface area (Å²) in [5.41, 5.74) is 7.17. The number of hydrogen-bond donors (Lipinski definition) is 2.